The molecule has 0 spiro atoms. The molecule has 1 aromatic rings. The number of benzene rings is 1. The minimum atomic E-state index is -0.883. The Labute approximate surface area is 116 Å². The fourth-order valence-corrected chi connectivity index (χ4v) is 3.32. The minimum absolute atomic E-state index is 0.327. The number of carbonyl (C=O) groups is 1. The molecule has 1 N–H and O–H groups in total. The first-order chi connectivity index (χ1) is 8.63. The van der Waals surface area contributed by atoms with E-state index in [0.29, 0.717) is 11.6 Å². The molecule has 0 amide bonds. The van der Waals surface area contributed by atoms with E-state index in [1.54, 1.807) is 12.1 Å². The minimum Gasteiger partial charge on any atom is -0.478 e. The van der Waals surface area contributed by atoms with Crippen LogP contribution >= 0.6 is 15.9 Å². The molecule has 1 fully saturated rings. The maximum absolute atomic E-state index is 10.9. The Kier molecular flexibility index (Phi) is 4.27. The van der Waals surface area contributed by atoms with Crippen LogP contribution in [0.4, 0.5) is 5.69 Å². The van der Waals surface area contributed by atoms with Gasteiger partial charge in [0.15, 0.2) is 0 Å². The molecule has 0 unspecified atom stereocenters. The van der Waals surface area contributed by atoms with E-state index < -0.39 is 5.97 Å². The monoisotopic (exact) mass is 311 g/mol. The van der Waals surface area contributed by atoms with Gasteiger partial charge in [-0.2, -0.15) is 0 Å². The molecule has 1 saturated carbocycles. The molecule has 0 saturated heterocycles. The number of carboxylic acids is 1. The average molecular weight is 312 g/mol. The lowest BCUT2D eigenvalue weighted by Gasteiger charge is -2.31. The van der Waals surface area contributed by atoms with Gasteiger partial charge < -0.3 is 10.0 Å². The van der Waals surface area contributed by atoms with Crippen molar-refractivity contribution in [2.24, 2.45) is 0 Å². The molecule has 1 aliphatic carbocycles. The molecule has 1 aliphatic rings. The van der Waals surface area contributed by atoms with Gasteiger partial charge in [-0.25, -0.2) is 4.79 Å². The summed E-state index contributed by atoms with van der Waals surface area (Å²) in [5, 5.41) is 8.97. The zero-order valence-electron chi connectivity index (χ0n) is 10.5. The van der Waals surface area contributed by atoms with E-state index in [9.17, 15) is 4.79 Å². The van der Waals surface area contributed by atoms with Crippen molar-refractivity contribution in [3.63, 3.8) is 0 Å². The second kappa shape index (κ2) is 5.74. The summed E-state index contributed by atoms with van der Waals surface area (Å²) >= 11 is 3.50. The number of halogens is 1. The Morgan fingerprint density at radius 3 is 2.61 bits per heavy atom. The summed E-state index contributed by atoms with van der Waals surface area (Å²) < 4.78 is 0.871. The molecule has 0 bridgehead atoms. The van der Waals surface area contributed by atoms with Crippen molar-refractivity contribution < 1.29 is 9.90 Å². The van der Waals surface area contributed by atoms with Gasteiger partial charge in [0.25, 0.3) is 0 Å². The molecule has 0 heterocycles. The zero-order valence-corrected chi connectivity index (χ0v) is 12.1. The fraction of sp³-hybridized carbons (Fsp3) is 0.500. The molecular formula is C14H18BrNO2. The molecule has 2 rings (SSSR count). The van der Waals surface area contributed by atoms with Crippen molar-refractivity contribution in [1.29, 1.82) is 0 Å². The number of nitrogens with zero attached hydrogens (tertiary/aromatic N) is 1. The lowest BCUT2D eigenvalue weighted by atomic mass is 10.1. The lowest BCUT2D eigenvalue weighted by Crippen LogP contribution is -2.33. The second-order valence-corrected chi connectivity index (χ2v) is 5.55. The highest BCUT2D eigenvalue weighted by atomic mass is 79.9. The summed E-state index contributed by atoms with van der Waals surface area (Å²) in [7, 11) is 0. The summed E-state index contributed by atoms with van der Waals surface area (Å²) in [6, 6.07) is 5.88. The molecule has 1 aromatic carbocycles. The van der Waals surface area contributed by atoms with Crippen molar-refractivity contribution in [1.82, 2.24) is 0 Å². The van der Waals surface area contributed by atoms with E-state index in [1.165, 1.54) is 25.7 Å². The maximum atomic E-state index is 10.9. The van der Waals surface area contributed by atoms with Crippen LogP contribution in [0.2, 0.25) is 0 Å². The third kappa shape index (κ3) is 2.69. The number of hydrogen-bond donors (Lipinski definition) is 1. The van der Waals surface area contributed by atoms with Crippen molar-refractivity contribution in [2.45, 2.75) is 38.6 Å². The van der Waals surface area contributed by atoms with E-state index in [-0.39, 0.29) is 0 Å². The van der Waals surface area contributed by atoms with Crippen LogP contribution < -0.4 is 4.90 Å². The first-order valence-electron chi connectivity index (χ1n) is 6.43. The van der Waals surface area contributed by atoms with Gasteiger partial charge in [0, 0.05) is 17.1 Å². The highest BCUT2D eigenvalue weighted by Gasteiger charge is 2.23. The number of aromatic carboxylic acids is 1. The number of anilines is 1. The van der Waals surface area contributed by atoms with E-state index in [4.69, 9.17) is 5.11 Å². The van der Waals surface area contributed by atoms with Gasteiger partial charge in [-0.15, -0.1) is 0 Å². The zero-order chi connectivity index (χ0) is 13.1. The van der Waals surface area contributed by atoms with Gasteiger partial charge in [0.1, 0.15) is 0 Å². The van der Waals surface area contributed by atoms with Crippen LogP contribution in [0.1, 0.15) is 43.0 Å². The van der Waals surface area contributed by atoms with Crippen LogP contribution in [0.3, 0.4) is 0 Å². The highest BCUT2D eigenvalue weighted by molar-refractivity contribution is 9.10. The van der Waals surface area contributed by atoms with Crippen LogP contribution in [0.15, 0.2) is 22.7 Å². The Morgan fingerprint density at radius 1 is 1.44 bits per heavy atom. The Hall–Kier alpha value is -1.03. The number of carboxylic acid groups (broad SMARTS) is 1. The van der Waals surface area contributed by atoms with Crippen LogP contribution in [-0.4, -0.2) is 23.7 Å². The predicted octanol–water partition coefficient (Wildman–Crippen LogP) is 3.92. The average Bonchev–Trinajstić information content (AvgIpc) is 2.85. The smallest absolute Gasteiger partial charge is 0.335 e. The van der Waals surface area contributed by atoms with Gasteiger partial charge in [0.2, 0.25) is 0 Å². The standard InChI is InChI=1S/C14H18BrNO2/c1-2-16(11-5-3-4-6-11)13-8-7-10(14(17)18)9-12(13)15/h7-9,11H,2-6H2,1H3,(H,17,18). The summed E-state index contributed by atoms with van der Waals surface area (Å²) in [5.41, 5.74) is 1.43. The SMILES string of the molecule is CCN(c1ccc(C(=O)O)cc1Br)C1CCCC1. The van der Waals surface area contributed by atoms with Gasteiger partial charge >= 0.3 is 5.97 Å². The van der Waals surface area contributed by atoms with Gasteiger partial charge in [-0.1, -0.05) is 12.8 Å². The predicted molar refractivity (Wildman–Crippen MR) is 76.4 cm³/mol. The lowest BCUT2D eigenvalue weighted by molar-refractivity contribution is 0.0697. The third-order valence-corrected chi connectivity index (χ3v) is 4.25. The van der Waals surface area contributed by atoms with E-state index in [0.717, 1.165) is 16.7 Å². The summed E-state index contributed by atoms with van der Waals surface area (Å²) in [6.07, 6.45) is 5.07. The first kappa shape index (κ1) is 13.4. The first-order valence-corrected chi connectivity index (χ1v) is 7.22. The molecule has 0 aliphatic heterocycles. The summed E-state index contributed by atoms with van der Waals surface area (Å²) in [6.45, 7) is 3.10. The molecule has 4 heteroatoms. The summed E-state index contributed by atoms with van der Waals surface area (Å²) in [5.74, 6) is -0.883. The van der Waals surface area contributed by atoms with Gasteiger partial charge in [-0.05, 0) is 53.9 Å². The third-order valence-electron chi connectivity index (χ3n) is 3.61. The van der Waals surface area contributed by atoms with Crippen molar-refractivity contribution in [2.75, 3.05) is 11.4 Å². The van der Waals surface area contributed by atoms with E-state index >= 15 is 0 Å². The van der Waals surface area contributed by atoms with E-state index in [1.807, 2.05) is 6.07 Å². The van der Waals surface area contributed by atoms with Gasteiger partial charge in [0.05, 0.1) is 11.3 Å². The maximum Gasteiger partial charge on any atom is 0.335 e. The second-order valence-electron chi connectivity index (χ2n) is 4.70. The van der Waals surface area contributed by atoms with E-state index in [2.05, 4.69) is 27.8 Å². The van der Waals surface area contributed by atoms with Crippen LogP contribution in [0, 0.1) is 0 Å². The quantitative estimate of drug-likeness (QED) is 0.916. The van der Waals surface area contributed by atoms with Crippen molar-refractivity contribution in [3.8, 4) is 0 Å². The van der Waals surface area contributed by atoms with Crippen LogP contribution in [-0.2, 0) is 0 Å². The molecular weight excluding hydrogens is 294 g/mol. The number of hydrogen-bond acceptors (Lipinski definition) is 2. The number of rotatable bonds is 4. The normalized spacial score (nSPS) is 15.9. The molecule has 3 nitrogen and oxygen atoms in total. The summed E-state index contributed by atoms with van der Waals surface area (Å²) in [4.78, 5) is 13.3. The van der Waals surface area contributed by atoms with Crippen molar-refractivity contribution >= 4 is 27.6 Å². The fourth-order valence-electron chi connectivity index (χ4n) is 2.71. The molecule has 0 aromatic heterocycles. The molecule has 18 heavy (non-hydrogen) atoms. The Balaban J connectivity index is 2.27. The van der Waals surface area contributed by atoms with Gasteiger partial charge in [-0.3, -0.25) is 0 Å². The largest absolute Gasteiger partial charge is 0.478 e. The topological polar surface area (TPSA) is 40.5 Å². The Bertz CT molecular complexity index is 441. The van der Waals surface area contributed by atoms with Crippen LogP contribution in [0.5, 0.6) is 0 Å². The molecule has 98 valence electrons. The highest BCUT2D eigenvalue weighted by Crippen LogP contribution is 2.33. The van der Waals surface area contributed by atoms with Crippen molar-refractivity contribution in [3.05, 3.63) is 28.2 Å². The van der Waals surface area contributed by atoms with Crippen LogP contribution in [0.25, 0.3) is 0 Å². The Morgan fingerprint density at radius 2 is 2.11 bits per heavy atom. The molecule has 0 radical (unpaired) electrons. The molecule has 0 atom stereocenters.